The number of aliphatic hydroxyl groups is 1. The maximum Gasteiger partial charge on any atom is 0.416 e. The molecule has 0 fully saturated rings. The molecule has 2 aromatic heterocycles. The van der Waals surface area contributed by atoms with Gasteiger partial charge in [-0.25, -0.2) is 19.7 Å². The number of aliphatic hydroxyl groups excluding tert-OH is 1. The smallest absolute Gasteiger partial charge is 0.416 e. The van der Waals surface area contributed by atoms with E-state index in [0.29, 0.717) is 35.2 Å². The standard InChI is InChI=1S/C33H36F3N5O5/c1-6-45-28-13-23(16-38-30(28)46-18-21-7-11-25(44-5)12-8-21)27-17-37-29(20(2)39-27)41-31(43)40-24-10-9-22(15-32(3,4)19-42)26(14-24)33(34,35)36/h7-14,16-17,42H,6,15,18-19H2,1-5H3,(H2,37,40,41,43). The van der Waals surface area contributed by atoms with E-state index in [4.69, 9.17) is 14.2 Å². The minimum atomic E-state index is -4.65. The minimum Gasteiger partial charge on any atom is -0.497 e. The number of nitrogens with one attached hydrogen (secondary N) is 2. The summed E-state index contributed by atoms with van der Waals surface area (Å²) >= 11 is 0. The minimum absolute atomic E-state index is 0.00693. The van der Waals surface area contributed by atoms with Crippen molar-refractivity contribution in [2.75, 3.05) is 31.0 Å². The number of hydrogen-bond donors (Lipinski definition) is 3. The Bertz CT molecular complexity index is 1660. The van der Waals surface area contributed by atoms with Gasteiger partial charge in [-0.15, -0.1) is 0 Å². The zero-order valence-electron chi connectivity index (χ0n) is 26.2. The number of anilines is 2. The van der Waals surface area contributed by atoms with Crippen LogP contribution in [-0.2, 0) is 19.2 Å². The van der Waals surface area contributed by atoms with E-state index in [-0.39, 0.29) is 36.7 Å². The fraction of sp³-hybridized carbons (Fsp3) is 0.333. The van der Waals surface area contributed by atoms with Crippen molar-refractivity contribution in [1.29, 1.82) is 0 Å². The van der Waals surface area contributed by atoms with E-state index in [1.165, 1.54) is 18.3 Å². The lowest BCUT2D eigenvalue weighted by molar-refractivity contribution is -0.138. The van der Waals surface area contributed by atoms with Gasteiger partial charge >= 0.3 is 12.2 Å². The summed E-state index contributed by atoms with van der Waals surface area (Å²) in [5, 5.41) is 14.5. The number of ether oxygens (including phenoxy) is 3. The third-order valence-electron chi connectivity index (χ3n) is 6.90. The summed E-state index contributed by atoms with van der Waals surface area (Å²) in [7, 11) is 1.60. The van der Waals surface area contributed by atoms with Gasteiger partial charge in [-0.2, -0.15) is 13.2 Å². The second kappa shape index (κ2) is 14.5. The van der Waals surface area contributed by atoms with Gasteiger partial charge in [0.25, 0.3) is 5.88 Å². The predicted octanol–water partition coefficient (Wildman–Crippen LogP) is 7.06. The van der Waals surface area contributed by atoms with Crippen molar-refractivity contribution in [2.45, 2.75) is 46.9 Å². The fourth-order valence-electron chi connectivity index (χ4n) is 4.47. The van der Waals surface area contributed by atoms with Crippen molar-refractivity contribution >= 4 is 17.5 Å². The van der Waals surface area contributed by atoms with Crippen molar-refractivity contribution < 1.29 is 37.3 Å². The Morgan fingerprint density at radius 3 is 2.35 bits per heavy atom. The average Bonchev–Trinajstić information content (AvgIpc) is 3.02. The summed E-state index contributed by atoms with van der Waals surface area (Å²) in [5.41, 5.74) is 0.666. The van der Waals surface area contributed by atoms with Gasteiger partial charge in [0.1, 0.15) is 12.4 Å². The number of hydrogen-bond acceptors (Lipinski definition) is 8. The molecular weight excluding hydrogens is 603 g/mol. The van der Waals surface area contributed by atoms with Crippen molar-refractivity contribution in [3.05, 3.63) is 83.3 Å². The van der Waals surface area contributed by atoms with Crippen molar-refractivity contribution in [3.63, 3.8) is 0 Å². The maximum atomic E-state index is 13.8. The Balaban J connectivity index is 1.46. The third kappa shape index (κ3) is 8.84. The molecule has 0 unspecified atom stereocenters. The average molecular weight is 640 g/mol. The second-order valence-electron chi connectivity index (χ2n) is 11.2. The van der Waals surface area contributed by atoms with Gasteiger partial charge in [-0.3, -0.25) is 5.32 Å². The number of amides is 2. The van der Waals surface area contributed by atoms with Crippen LogP contribution in [0.1, 0.15) is 43.2 Å². The molecule has 13 heteroatoms. The number of aromatic nitrogens is 3. The number of benzene rings is 2. The van der Waals surface area contributed by atoms with Gasteiger partial charge in [-0.05, 0) is 67.1 Å². The lowest BCUT2D eigenvalue weighted by atomic mass is 9.85. The molecule has 244 valence electrons. The molecule has 0 radical (unpaired) electrons. The van der Waals surface area contributed by atoms with Crippen LogP contribution in [0, 0.1) is 12.3 Å². The predicted molar refractivity (Wildman–Crippen MR) is 167 cm³/mol. The number of aryl methyl sites for hydroxylation is 1. The Morgan fingerprint density at radius 2 is 1.72 bits per heavy atom. The first kappa shape index (κ1) is 34.0. The Kier molecular flexibility index (Phi) is 10.7. The zero-order valence-corrected chi connectivity index (χ0v) is 26.2. The molecule has 2 amide bonds. The van der Waals surface area contributed by atoms with Crippen molar-refractivity contribution in [1.82, 2.24) is 15.0 Å². The molecule has 4 aromatic rings. The van der Waals surface area contributed by atoms with E-state index in [1.54, 1.807) is 40.1 Å². The van der Waals surface area contributed by atoms with Crippen molar-refractivity contribution in [2.24, 2.45) is 5.41 Å². The number of alkyl halides is 3. The van der Waals surface area contributed by atoms with Gasteiger partial charge in [0, 0.05) is 24.1 Å². The summed E-state index contributed by atoms with van der Waals surface area (Å²) in [6, 6.07) is 11.9. The topological polar surface area (TPSA) is 128 Å². The molecule has 0 saturated heterocycles. The van der Waals surface area contributed by atoms with E-state index in [1.807, 2.05) is 31.2 Å². The van der Waals surface area contributed by atoms with E-state index in [9.17, 15) is 23.1 Å². The van der Waals surface area contributed by atoms with Crippen LogP contribution in [0.3, 0.4) is 0 Å². The number of carbonyl (C=O) groups is 1. The molecule has 10 nitrogen and oxygen atoms in total. The van der Waals surface area contributed by atoms with E-state index >= 15 is 0 Å². The molecule has 0 bridgehead atoms. The molecule has 0 aliphatic carbocycles. The molecule has 2 aromatic carbocycles. The normalized spacial score (nSPS) is 11.6. The number of halogens is 3. The second-order valence-corrected chi connectivity index (χ2v) is 11.2. The zero-order chi connectivity index (χ0) is 33.5. The highest BCUT2D eigenvalue weighted by atomic mass is 19.4. The summed E-state index contributed by atoms with van der Waals surface area (Å²) in [6.07, 6.45) is -1.64. The maximum absolute atomic E-state index is 13.8. The van der Waals surface area contributed by atoms with Gasteiger partial charge < -0.3 is 24.6 Å². The molecule has 3 N–H and O–H groups in total. The van der Waals surface area contributed by atoms with Crippen LogP contribution in [0.15, 0.2) is 60.9 Å². The molecule has 0 atom stereocenters. The van der Waals surface area contributed by atoms with Crippen LogP contribution in [0.25, 0.3) is 11.3 Å². The molecular formula is C33H36F3N5O5. The molecule has 0 saturated carbocycles. The molecule has 4 rings (SSSR count). The number of methoxy groups -OCH3 is 1. The van der Waals surface area contributed by atoms with Gasteiger partial charge in [0.05, 0.1) is 36.9 Å². The highest BCUT2D eigenvalue weighted by molar-refractivity contribution is 5.99. The fourth-order valence-corrected chi connectivity index (χ4v) is 4.47. The highest BCUT2D eigenvalue weighted by Gasteiger charge is 2.35. The monoisotopic (exact) mass is 639 g/mol. The first-order valence-corrected chi connectivity index (χ1v) is 14.4. The first-order valence-electron chi connectivity index (χ1n) is 14.4. The number of pyridine rings is 1. The van der Waals surface area contributed by atoms with E-state index < -0.39 is 23.2 Å². The molecule has 0 aliphatic heterocycles. The SMILES string of the molecule is CCOc1cc(-c2cnc(NC(=O)Nc3ccc(CC(C)(C)CO)c(C(F)(F)F)c3)c(C)n2)cnc1OCc1ccc(OC)cc1. The number of nitrogens with zero attached hydrogens (tertiary/aromatic N) is 3. The van der Waals surface area contributed by atoms with Crippen LogP contribution in [0.5, 0.6) is 17.4 Å². The lowest BCUT2D eigenvalue weighted by Crippen LogP contribution is -2.23. The molecule has 0 spiro atoms. The van der Waals surface area contributed by atoms with Gasteiger partial charge in [-0.1, -0.05) is 32.0 Å². The van der Waals surface area contributed by atoms with Crippen LogP contribution < -0.4 is 24.8 Å². The summed E-state index contributed by atoms with van der Waals surface area (Å²) in [5.74, 6) is 1.58. The van der Waals surface area contributed by atoms with Crippen LogP contribution >= 0.6 is 0 Å². The largest absolute Gasteiger partial charge is 0.497 e. The Hall–Kier alpha value is -4.91. The third-order valence-corrected chi connectivity index (χ3v) is 6.90. The van der Waals surface area contributed by atoms with Crippen LogP contribution in [0.2, 0.25) is 0 Å². The Morgan fingerprint density at radius 1 is 0.978 bits per heavy atom. The number of urea groups is 1. The number of rotatable bonds is 12. The van der Waals surface area contributed by atoms with Gasteiger partial charge in [0.2, 0.25) is 0 Å². The van der Waals surface area contributed by atoms with E-state index in [0.717, 1.165) is 17.4 Å². The molecule has 0 aliphatic rings. The van der Waals surface area contributed by atoms with Crippen LogP contribution in [0.4, 0.5) is 29.5 Å². The summed E-state index contributed by atoms with van der Waals surface area (Å²) in [6.45, 7) is 7.18. The van der Waals surface area contributed by atoms with Crippen molar-refractivity contribution in [3.8, 4) is 28.6 Å². The molecule has 46 heavy (non-hydrogen) atoms. The summed E-state index contributed by atoms with van der Waals surface area (Å²) in [4.78, 5) is 25.9. The van der Waals surface area contributed by atoms with Crippen LogP contribution in [-0.4, -0.2) is 46.4 Å². The van der Waals surface area contributed by atoms with Gasteiger partial charge in [0.15, 0.2) is 11.6 Å². The molecule has 2 heterocycles. The highest BCUT2D eigenvalue weighted by Crippen LogP contribution is 2.37. The lowest BCUT2D eigenvalue weighted by Gasteiger charge is -2.24. The quantitative estimate of drug-likeness (QED) is 0.150. The number of carbonyl (C=O) groups excluding carboxylic acids is 1. The summed E-state index contributed by atoms with van der Waals surface area (Å²) < 4.78 is 58.3. The first-order chi connectivity index (χ1) is 21.8. The Labute approximate surface area is 265 Å². The van der Waals surface area contributed by atoms with E-state index in [2.05, 4.69) is 25.6 Å².